The molecule has 2 unspecified atom stereocenters. The number of likely N-dealkylation sites (tertiary alicyclic amines) is 1. The van der Waals surface area contributed by atoms with Gasteiger partial charge in [0.15, 0.2) is 0 Å². The van der Waals surface area contributed by atoms with Crippen LogP contribution in [-0.2, 0) is 4.79 Å². The van der Waals surface area contributed by atoms with Crippen LogP contribution in [0.5, 0.6) is 0 Å². The molecule has 0 bridgehead atoms. The Morgan fingerprint density at radius 2 is 1.75 bits per heavy atom. The van der Waals surface area contributed by atoms with E-state index < -0.39 is 5.97 Å². The van der Waals surface area contributed by atoms with Crippen molar-refractivity contribution >= 4 is 5.97 Å². The topological polar surface area (TPSA) is 52.6 Å². The predicted octanol–water partition coefficient (Wildman–Crippen LogP) is 2.48. The van der Waals surface area contributed by atoms with Gasteiger partial charge in [0.25, 0.3) is 0 Å². The van der Waals surface area contributed by atoms with E-state index in [1.165, 1.54) is 12.8 Å². The molecule has 2 aliphatic rings. The van der Waals surface area contributed by atoms with Gasteiger partial charge in [0, 0.05) is 30.7 Å². The lowest BCUT2D eigenvalue weighted by Gasteiger charge is -2.42. The Morgan fingerprint density at radius 3 is 2.30 bits per heavy atom. The molecule has 2 fully saturated rings. The van der Waals surface area contributed by atoms with Crippen molar-refractivity contribution in [2.45, 2.75) is 76.9 Å². The van der Waals surface area contributed by atoms with Gasteiger partial charge >= 0.3 is 5.97 Å². The van der Waals surface area contributed by atoms with Crippen LogP contribution in [0, 0.1) is 5.92 Å². The van der Waals surface area contributed by atoms with Crippen LogP contribution in [0.4, 0.5) is 0 Å². The molecule has 2 atom stereocenters. The summed E-state index contributed by atoms with van der Waals surface area (Å²) in [5, 5.41) is 12.9. The first-order valence-corrected chi connectivity index (χ1v) is 8.10. The molecule has 1 saturated carbocycles. The Balaban J connectivity index is 1.76. The lowest BCUT2D eigenvalue weighted by Crippen LogP contribution is -2.52. The first-order chi connectivity index (χ1) is 9.36. The zero-order chi connectivity index (χ0) is 14.8. The number of hydrogen-bond donors (Lipinski definition) is 2. The Kier molecular flexibility index (Phi) is 5.08. The fourth-order valence-corrected chi connectivity index (χ4v) is 3.62. The van der Waals surface area contributed by atoms with E-state index in [0.717, 1.165) is 38.8 Å². The summed E-state index contributed by atoms with van der Waals surface area (Å²) in [6.45, 7) is 9.13. The van der Waals surface area contributed by atoms with Gasteiger partial charge in [-0.2, -0.15) is 0 Å². The molecule has 0 aromatic heterocycles. The van der Waals surface area contributed by atoms with Gasteiger partial charge in [0.05, 0.1) is 5.92 Å². The maximum atomic E-state index is 11.1. The van der Waals surface area contributed by atoms with Gasteiger partial charge in [-0.1, -0.05) is 6.42 Å². The van der Waals surface area contributed by atoms with Gasteiger partial charge in [-0.3, -0.25) is 9.69 Å². The van der Waals surface area contributed by atoms with E-state index in [4.69, 9.17) is 5.11 Å². The normalized spacial score (nSPS) is 30.4. The average Bonchev–Trinajstić information content (AvgIpc) is 2.38. The number of nitrogens with one attached hydrogen (secondary N) is 1. The summed E-state index contributed by atoms with van der Waals surface area (Å²) >= 11 is 0. The number of carbonyl (C=O) groups is 1. The van der Waals surface area contributed by atoms with Crippen LogP contribution in [0.2, 0.25) is 0 Å². The number of piperidine rings is 1. The lowest BCUT2D eigenvalue weighted by molar-refractivity contribution is -0.143. The second-order valence-electron chi connectivity index (χ2n) is 7.50. The minimum atomic E-state index is -0.612. The number of hydrogen-bond acceptors (Lipinski definition) is 3. The van der Waals surface area contributed by atoms with E-state index in [0.29, 0.717) is 12.1 Å². The molecule has 0 amide bonds. The molecular formula is C16H30N2O2. The number of nitrogens with zero attached hydrogens (tertiary/aromatic N) is 1. The highest BCUT2D eigenvalue weighted by Gasteiger charge is 2.31. The van der Waals surface area contributed by atoms with Crippen LogP contribution in [0.15, 0.2) is 0 Å². The van der Waals surface area contributed by atoms with Gasteiger partial charge < -0.3 is 10.4 Å². The highest BCUT2D eigenvalue weighted by Crippen LogP contribution is 2.26. The number of aliphatic carboxylic acids is 1. The Hall–Kier alpha value is -0.610. The summed E-state index contributed by atoms with van der Waals surface area (Å²) in [6, 6.07) is 0.988. The summed E-state index contributed by atoms with van der Waals surface area (Å²) in [5.74, 6) is -0.741. The summed E-state index contributed by atoms with van der Waals surface area (Å²) in [4.78, 5) is 13.7. The van der Waals surface area contributed by atoms with Crippen LogP contribution < -0.4 is 5.32 Å². The average molecular weight is 282 g/mol. The second kappa shape index (κ2) is 6.44. The van der Waals surface area contributed by atoms with E-state index in [2.05, 4.69) is 31.0 Å². The first-order valence-electron chi connectivity index (χ1n) is 8.10. The van der Waals surface area contributed by atoms with Crippen molar-refractivity contribution in [3.8, 4) is 0 Å². The Bertz CT molecular complexity index is 330. The fourth-order valence-electron chi connectivity index (χ4n) is 3.62. The first kappa shape index (κ1) is 15.8. The summed E-state index contributed by atoms with van der Waals surface area (Å²) in [6.07, 6.45) is 6.24. The van der Waals surface area contributed by atoms with Gasteiger partial charge in [0.1, 0.15) is 0 Å². The number of carboxylic acid groups (broad SMARTS) is 1. The third-order valence-electron chi connectivity index (χ3n) is 4.94. The molecule has 0 radical (unpaired) electrons. The minimum Gasteiger partial charge on any atom is -0.481 e. The van der Waals surface area contributed by atoms with Gasteiger partial charge in [-0.25, -0.2) is 0 Å². The smallest absolute Gasteiger partial charge is 0.306 e. The molecular weight excluding hydrogens is 252 g/mol. The molecule has 1 saturated heterocycles. The molecule has 0 aromatic rings. The molecule has 1 aliphatic carbocycles. The summed E-state index contributed by atoms with van der Waals surface area (Å²) in [5.41, 5.74) is 0.268. The van der Waals surface area contributed by atoms with Crippen molar-refractivity contribution in [2.75, 3.05) is 13.1 Å². The molecule has 2 rings (SSSR count). The van der Waals surface area contributed by atoms with E-state index in [9.17, 15) is 4.79 Å². The van der Waals surface area contributed by atoms with Crippen molar-refractivity contribution in [1.29, 1.82) is 0 Å². The lowest BCUT2D eigenvalue weighted by atomic mass is 9.85. The van der Waals surface area contributed by atoms with E-state index >= 15 is 0 Å². The second-order valence-corrected chi connectivity index (χ2v) is 7.50. The summed E-state index contributed by atoms with van der Waals surface area (Å²) < 4.78 is 0. The van der Waals surface area contributed by atoms with Crippen molar-refractivity contribution < 1.29 is 9.90 Å². The molecule has 0 spiro atoms. The quantitative estimate of drug-likeness (QED) is 0.835. The van der Waals surface area contributed by atoms with Crippen LogP contribution in [0.25, 0.3) is 0 Å². The van der Waals surface area contributed by atoms with E-state index in [-0.39, 0.29) is 11.5 Å². The fraction of sp³-hybridized carbons (Fsp3) is 0.938. The SMILES string of the molecule is CC(C)(C)N1CCC(NC2CCCC(C(=O)O)C2)CC1. The highest BCUT2D eigenvalue weighted by molar-refractivity contribution is 5.70. The summed E-state index contributed by atoms with van der Waals surface area (Å²) in [7, 11) is 0. The van der Waals surface area contributed by atoms with Crippen molar-refractivity contribution in [3.05, 3.63) is 0 Å². The zero-order valence-electron chi connectivity index (χ0n) is 13.2. The Labute approximate surface area is 122 Å². The molecule has 4 heteroatoms. The molecule has 2 N–H and O–H groups in total. The van der Waals surface area contributed by atoms with Gasteiger partial charge in [0.2, 0.25) is 0 Å². The third-order valence-corrected chi connectivity index (χ3v) is 4.94. The van der Waals surface area contributed by atoms with Gasteiger partial charge in [-0.15, -0.1) is 0 Å². The maximum absolute atomic E-state index is 11.1. The van der Waals surface area contributed by atoms with E-state index in [1.54, 1.807) is 0 Å². The zero-order valence-corrected chi connectivity index (χ0v) is 13.2. The third kappa shape index (κ3) is 4.19. The standard InChI is InChI=1S/C16H30N2O2/c1-16(2,3)18-9-7-13(8-10-18)17-14-6-4-5-12(11-14)15(19)20/h12-14,17H,4-11H2,1-3H3,(H,19,20). The molecule has 20 heavy (non-hydrogen) atoms. The van der Waals surface area contributed by atoms with Crippen LogP contribution in [0.3, 0.4) is 0 Å². The van der Waals surface area contributed by atoms with Crippen LogP contribution >= 0.6 is 0 Å². The molecule has 1 heterocycles. The number of rotatable bonds is 3. The molecule has 1 aliphatic heterocycles. The van der Waals surface area contributed by atoms with E-state index in [1.807, 2.05) is 0 Å². The van der Waals surface area contributed by atoms with Crippen molar-refractivity contribution in [1.82, 2.24) is 10.2 Å². The maximum Gasteiger partial charge on any atom is 0.306 e. The van der Waals surface area contributed by atoms with Crippen molar-refractivity contribution in [2.24, 2.45) is 5.92 Å². The highest BCUT2D eigenvalue weighted by atomic mass is 16.4. The molecule has 116 valence electrons. The Morgan fingerprint density at radius 1 is 1.10 bits per heavy atom. The van der Waals surface area contributed by atoms with Crippen LogP contribution in [-0.4, -0.2) is 46.7 Å². The largest absolute Gasteiger partial charge is 0.481 e. The van der Waals surface area contributed by atoms with Crippen molar-refractivity contribution in [3.63, 3.8) is 0 Å². The molecule has 4 nitrogen and oxygen atoms in total. The predicted molar refractivity (Wildman–Crippen MR) is 80.9 cm³/mol. The minimum absolute atomic E-state index is 0.129. The monoisotopic (exact) mass is 282 g/mol. The van der Waals surface area contributed by atoms with Crippen LogP contribution in [0.1, 0.15) is 59.3 Å². The number of carboxylic acids is 1. The van der Waals surface area contributed by atoms with Gasteiger partial charge in [-0.05, 0) is 52.9 Å². The molecule has 0 aromatic carbocycles.